The van der Waals surface area contributed by atoms with Crippen LogP contribution in [0.2, 0.25) is 0 Å². The normalized spacial score (nSPS) is 15.3. The molecule has 3 rings (SSSR count). The molecule has 0 N–H and O–H groups in total. The minimum Gasteiger partial charge on any atom is -0.490 e. The van der Waals surface area contributed by atoms with Crippen LogP contribution in [0.4, 0.5) is 8.78 Å². The Morgan fingerprint density at radius 2 is 1.79 bits per heavy atom. The van der Waals surface area contributed by atoms with Gasteiger partial charge in [-0.15, -0.1) is 0 Å². The molecule has 1 aliphatic rings. The van der Waals surface area contributed by atoms with E-state index in [2.05, 4.69) is 5.10 Å². The first-order chi connectivity index (χ1) is 13.3. The van der Waals surface area contributed by atoms with E-state index in [9.17, 15) is 13.6 Å². The largest absolute Gasteiger partial charge is 0.490 e. The molecule has 0 spiro atoms. The Bertz CT molecular complexity index is 835. The third-order valence-corrected chi connectivity index (χ3v) is 5.48. The summed E-state index contributed by atoms with van der Waals surface area (Å²) in [6, 6.07) is 6.08. The molecule has 2 heterocycles. The fourth-order valence-electron chi connectivity index (χ4n) is 3.78. The summed E-state index contributed by atoms with van der Waals surface area (Å²) in [6.45, 7) is 5.83. The lowest BCUT2D eigenvalue weighted by Gasteiger charge is -2.33. The fraction of sp³-hybridized carbons (Fsp3) is 0.524. The van der Waals surface area contributed by atoms with Gasteiger partial charge < -0.3 is 9.64 Å². The van der Waals surface area contributed by atoms with Crippen molar-refractivity contribution in [1.82, 2.24) is 14.7 Å². The summed E-state index contributed by atoms with van der Waals surface area (Å²) in [5.41, 5.74) is 3.66. The molecule has 1 aromatic heterocycles. The fourth-order valence-corrected chi connectivity index (χ4v) is 3.78. The summed E-state index contributed by atoms with van der Waals surface area (Å²) >= 11 is 0. The van der Waals surface area contributed by atoms with Crippen molar-refractivity contribution < 1.29 is 18.3 Å². The van der Waals surface area contributed by atoms with Crippen molar-refractivity contribution >= 4 is 5.91 Å². The second-order valence-corrected chi connectivity index (χ2v) is 7.47. The van der Waals surface area contributed by atoms with E-state index in [0.29, 0.717) is 34.7 Å². The van der Waals surface area contributed by atoms with Crippen molar-refractivity contribution in [3.8, 4) is 5.75 Å². The third kappa shape index (κ3) is 4.18. The van der Waals surface area contributed by atoms with Crippen LogP contribution in [-0.2, 0) is 11.2 Å². The Morgan fingerprint density at radius 3 is 2.32 bits per heavy atom. The maximum atomic E-state index is 13.0. The quantitative estimate of drug-likeness (QED) is 0.770. The Balaban J connectivity index is 1.59. The minimum atomic E-state index is -2.69. The van der Waals surface area contributed by atoms with Crippen LogP contribution in [0.1, 0.15) is 47.5 Å². The standard InChI is InChI=1S/C21H27F2N3O2/c1-13-6-5-7-14(2)20(13)28-17-8-10-25(11-9-17)19(27)12-18-15(3)24-26(16(18)4)21(22)23/h5-7,17,21H,8-12H2,1-4H3. The lowest BCUT2D eigenvalue weighted by Crippen LogP contribution is -2.42. The molecule has 0 atom stereocenters. The summed E-state index contributed by atoms with van der Waals surface area (Å²) in [5.74, 6) is 0.878. The smallest absolute Gasteiger partial charge is 0.333 e. The molecule has 5 nitrogen and oxygen atoms in total. The van der Waals surface area contributed by atoms with Gasteiger partial charge in [-0.05, 0) is 38.8 Å². The number of benzene rings is 1. The number of hydrogen-bond donors (Lipinski definition) is 0. The monoisotopic (exact) mass is 391 g/mol. The lowest BCUT2D eigenvalue weighted by molar-refractivity contribution is -0.132. The molecule has 1 amide bonds. The molecule has 152 valence electrons. The summed E-state index contributed by atoms with van der Waals surface area (Å²) in [6.07, 6.45) is 1.70. The number of para-hydroxylation sites is 1. The van der Waals surface area contributed by atoms with E-state index in [-0.39, 0.29) is 18.4 Å². The second-order valence-electron chi connectivity index (χ2n) is 7.47. The van der Waals surface area contributed by atoms with Gasteiger partial charge in [-0.2, -0.15) is 13.9 Å². The summed E-state index contributed by atoms with van der Waals surface area (Å²) in [4.78, 5) is 14.5. The van der Waals surface area contributed by atoms with Crippen LogP contribution in [0.5, 0.6) is 5.75 Å². The molecule has 0 aliphatic carbocycles. The van der Waals surface area contributed by atoms with Crippen LogP contribution in [-0.4, -0.2) is 39.8 Å². The van der Waals surface area contributed by atoms with Crippen molar-refractivity contribution in [2.24, 2.45) is 0 Å². The first-order valence-corrected chi connectivity index (χ1v) is 9.61. The van der Waals surface area contributed by atoms with Gasteiger partial charge in [-0.25, -0.2) is 4.68 Å². The molecule has 1 saturated heterocycles. The van der Waals surface area contributed by atoms with Gasteiger partial charge in [0.2, 0.25) is 5.91 Å². The highest BCUT2D eigenvalue weighted by molar-refractivity contribution is 5.79. The van der Waals surface area contributed by atoms with E-state index in [1.807, 2.05) is 32.0 Å². The molecule has 0 unspecified atom stereocenters. The van der Waals surface area contributed by atoms with Crippen molar-refractivity contribution in [3.05, 3.63) is 46.3 Å². The molecule has 1 aliphatic heterocycles. The van der Waals surface area contributed by atoms with Gasteiger partial charge in [0, 0.05) is 37.2 Å². The van der Waals surface area contributed by atoms with E-state index >= 15 is 0 Å². The van der Waals surface area contributed by atoms with Gasteiger partial charge in [-0.3, -0.25) is 4.79 Å². The summed E-state index contributed by atoms with van der Waals surface area (Å²) in [5, 5.41) is 3.86. The molecule has 1 fully saturated rings. The van der Waals surface area contributed by atoms with Crippen LogP contribution >= 0.6 is 0 Å². The first-order valence-electron chi connectivity index (χ1n) is 9.61. The number of amides is 1. The van der Waals surface area contributed by atoms with Gasteiger partial charge in [0.15, 0.2) is 0 Å². The van der Waals surface area contributed by atoms with E-state index in [0.717, 1.165) is 29.7 Å². The highest BCUT2D eigenvalue weighted by Crippen LogP contribution is 2.27. The van der Waals surface area contributed by atoms with Gasteiger partial charge in [0.1, 0.15) is 11.9 Å². The molecule has 0 saturated carbocycles. The van der Waals surface area contributed by atoms with Crippen molar-refractivity contribution in [2.75, 3.05) is 13.1 Å². The number of aryl methyl sites for hydroxylation is 3. The van der Waals surface area contributed by atoms with Crippen molar-refractivity contribution in [3.63, 3.8) is 0 Å². The molecule has 28 heavy (non-hydrogen) atoms. The maximum Gasteiger partial charge on any atom is 0.333 e. The van der Waals surface area contributed by atoms with Crippen molar-refractivity contribution in [1.29, 1.82) is 0 Å². The zero-order valence-electron chi connectivity index (χ0n) is 16.8. The predicted molar refractivity (Wildman–Crippen MR) is 103 cm³/mol. The van der Waals surface area contributed by atoms with E-state index in [1.54, 1.807) is 18.7 Å². The third-order valence-electron chi connectivity index (χ3n) is 5.48. The van der Waals surface area contributed by atoms with E-state index in [4.69, 9.17) is 4.74 Å². The van der Waals surface area contributed by atoms with Crippen LogP contribution in [0.25, 0.3) is 0 Å². The van der Waals surface area contributed by atoms with Gasteiger partial charge in [0.25, 0.3) is 0 Å². The minimum absolute atomic E-state index is 0.0504. The number of carbonyl (C=O) groups is 1. The number of hydrogen-bond acceptors (Lipinski definition) is 3. The van der Waals surface area contributed by atoms with Crippen LogP contribution in [0.3, 0.4) is 0 Å². The average molecular weight is 391 g/mol. The highest BCUT2D eigenvalue weighted by Gasteiger charge is 2.26. The second kappa shape index (κ2) is 8.29. The van der Waals surface area contributed by atoms with Crippen molar-refractivity contribution in [2.45, 2.75) is 59.6 Å². The molecular formula is C21H27F2N3O2. The number of piperidine rings is 1. The number of ether oxygens (including phenoxy) is 1. The number of halogens is 2. The topological polar surface area (TPSA) is 47.4 Å². The molecule has 2 aromatic rings. The lowest BCUT2D eigenvalue weighted by atomic mass is 10.0. The molecule has 7 heteroatoms. The Kier molecular flexibility index (Phi) is 6.01. The SMILES string of the molecule is Cc1cccc(C)c1OC1CCN(C(=O)Cc2c(C)nn(C(F)F)c2C)CC1. The highest BCUT2D eigenvalue weighted by atomic mass is 19.3. The molecular weight excluding hydrogens is 364 g/mol. The summed E-state index contributed by atoms with van der Waals surface area (Å²) < 4.78 is 32.8. The van der Waals surface area contributed by atoms with Crippen LogP contribution in [0.15, 0.2) is 18.2 Å². The molecule has 0 bridgehead atoms. The first kappa shape index (κ1) is 20.3. The zero-order valence-corrected chi connectivity index (χ0v) is 16.8. The number of alkyl halides is 2. The van der Waals surface area contributed by atoms with Crippen LogP contribution in [0, 0.1) is 27.7 Å². The number of likely N-dealkylation sites (tertiary alicyclic amines) is 1. The number of carbonyl (C=O) groups excluding carboxylic acids is 1. The van der Waals surface area contributed by atoms with Gasteiger partial charge >= 0.3 is 6.55 Å². The number of aromatic nitrogens is 2. The Morgan fingerprint density at radius 1 is 1.18 bits per heavy atom. The average Bonchev–Trinajstić information content (AvgIpc) is 2.94. The molecule has 0 radical (unpaired) electrons. The van der Waals surface area contributed by atoms with E-state index < -0.39 is 6.55 Å². The Hall–Kier alpha value is -2.44. The predicted octanol–water partition coefficient (Wildman–Crippen LogP) is 4.12. The number of rotatable bonds is 5. The van der Waals surface area contributed by atoms with Crippen LogP contribution < -0.4 is 4.74 Å². The zero-order chi connectivity index (χ0) is 20.4. The number of nitrogens with zero attached hydrogens (tertiary/aromatic N) is 3. The molecule has 1 aromatic carbocycles. The van der Waals surface area contributed by atoms with E-state index in [1.165, 1.54) is 0 Å². The Labute approximate surface area is 164 Å². The maximum absolute atomic E-state index is 13.0. The van der Waals surface area contributed by atoms with Gasteiger partial charge in [0.05, 0.1) is 12.1 Å². The summed E-state index contributed by atoms with van der Waals surface area (Å²) in [7, 11) is 0. The van der Waals surface area contributed by atoms with Gasteiger partial charge in [-0.1, -0.05) is 18.2 Å².